The van der Waals surface area contributed by atoms with Gasteiger partial charge in [0, 0.05) is 31.3 Å². The number of cyclic esters (lactones) is 1. The van der Waals surface area contributed by atoms with Gasteiger partial charge < -0.3 is 19.3 Å². The smallest absolute Gasteiger partial charge is 0.464 e. The second-order valence-electron chi connectivity index (χ2n) is 5.92. The SMILES string of the molecule is CC1C(=O)N(C2CCOC2=O)CCN1c1cccc(OC(F)(F)F)c1. The van der Waals surface area contributed by atoms with Crippen LogP contribution in [-0.2, 0) is 14.3 Å². The Morgan fingerprint density at radius 3 is 2.56 bits per heavy atom. The number of esters is 1. The monoisotopic (exact) mass is 358 g/mol. The minimum absolute atomic E-state index is 0.253. The number of piperazine rings is 1. The number of carbonyl (C=O) groups excluding carboxylic acids is 2. The number of nitrogens with zero attached hydrogens (tertiary/aromatic N) is 2. The van der Waals surface area contributed by atoms with E-state index in [9.17, 15) is 22.8 Å². The summed E-state index contributed by atoms with van der Waals surface area (Å²) in [4.78, 5) is 27.5. The van der Waals surface area contributed by atoms with Crippen LogP contribution in [0.15, 0.2) is 24.3 Å². The molecule has 2 aliphatic heterocycles. The fraction of sp³-hybridized carbons (Fsp3) is 0.500. The van der Waals surface area contributed by atoms with E-state index in [4.69, 9.17) is 4.74 Å². The number of hydrogen-bond acceptors (Lipinski definition) is 5. The van der Waals surface area contributed by atoms with Crippen LogP contribution < -0.4 is 9.64 Å². The molecule has 1 aromatic carbocycles. The fourth-order valence-corrected chi connectivity index (χ4v) is 3.18. The third-order valence-electron chi connectivity index (χ3n) is 4.36. The highest BCUT2D eigenvalue weighted by molar-refractivity contribution is 5.91. The van der Waals surface area contributed by atoms with Crippen molar-refractivity contribution in [2.75, 3.05) is 24.6 Å². The van der Waals surface area contributed by atoms with Crippen LogP contribution in [-0.4, -0.2) is 54.9 Å². The van der Waals surface area contributed by atoms with Gasteiger partial charge in [-0.3, -0.25) is 4.79 Å². The minimum atomic E-state index is -4.78. The van der Waals surface area contributed by atoms with E-state index in [1.54, 1.807) is 17.9 Å². The normalized spacial score (nSPS) is 24.5. The van der Waals surface area contributed by atoms with Crippen molar-refractivity contribution in [3.63, 3.8) is 0 Å². The Morgan fingerprint density at radius 1 is 1.20 bits per heavy atom. The fourth-order valence-electron chi connectivity index (χ4n) is 3.18. The molecule has 2 aliphatic rings. The van der Waals surface area contributed by atoms with E-state index in [2.05, 4.69) is 4.74 Å². The molecule has 6 nitrogen and oxygen atoms in total. The molecule has 0 radical (unpaired) electrons. The van der Waals surface area contributed by atoms with Gasteiger partial charge in [0.25, 0.3) is 0 Å². The van der Waals surface area contributed by atoms with Crippen molar-refractivity contribution in [3.8, 4) is 5.75 Å². The summed E-state index contributed by atoms with van der Waals surface area (Å²) in [6.07, 6.45) is -4.31. The minimum Gasteiger partial charge on any atom is -0.464 e. The predicted molar refractivity (Wildman–Crippen MR) is 81.0 cm³/mol. The summed E-state index contributed by atoms with van der Waals surface area (Å²) in [6.45, 7) is 2.65. The quantitative estimate of drug-likeness (QED) is 0.773. The summed E-state index contributed by atoms with van der Waals surface area (Å²) in [5.74, 6) is -1.00. The molecule has 3 rings (SSSR count). The summed E-state index contributed by atoms with van der Waals surface area (Å²) in [5, 5.41) is 0. The van der Waals surface area contributed by atoms with Gasteiger partial charge in [-0.2, -0.15) is 0 Å². The standard InChI is InChI=1S/C16H17F3N2O4/c1-10-14(22)21(13-5-8-24-15(13)23)7-6-20(10)11-3-2-4-12(9-11)25-16(17,18)19/h2-4,9-10,13H,5-8H2,1H3. The molecule has 136 valence electrons. The third kappa shape index (κ3) is 3.64. The highest BCUT2D eigenvalue weighted by Gasteiger charge is 2.41. The summed E-state index contributed by atoms with van der Waals surface area (Å²) >= 11 is 0. The largest absolute Gasteiger partial charge is 0.573 e. The molecule has 2 unspecified atom stereocenters. The second-order valence-corrected chi connectivity index (χ2v) is 5.92. The van der Waals surface area contributed by atoms with Crippen LogP contribution in [0.1, 0.15) is 13.3 Å². The number of ether oxygens (including phenoxy) is 2. The number of amides is 1. The Morgan fingerprint density at radius 2 is 1.92 bits per heavy atom. The lowest BCUT2D eigenvalue weighted by molar-refractivity contribution is -0.274. The maximum Gasteiger partial charge on any atom is 0.573 e. The topological polar surface area (TPSA) is 59.1 Å². The second kappa shape index (κ2) is 6.45. The van der Waals surface area contributed by atoms with Crippen molar-refractivity contribution >= 4 is 17.6 Å². The van der Waals surface area contributed by atoms with Gasteiger partial charge >= 0.3 is 12.3 Å². The zero-order valence-electron chi connectivity index (χ0n) is 13.5. The van der Waals surface area contributed by atoms with Crippen LogP contribution in [0.25, 0.3) is 0 Å². The molecule has 9 heteroatoms. The van der Waals surface area contributed by atoms with Crippen molar-refractivity contribution in [1.29, 1.82) is 0 Å². The Balaban J connectivity index is 1.75. The molecule has 2 saturated heterocycles. The summed E-state index contributed by atoms with van der Waals surface area (Å²) in [6, 6.07) is 4.33. The van der Waals surface area contributed by atoms with E-state index >= 15 is 0 Å². The summed E-state index contributed by atoms with van der Waals surface area (Å²) in [7, 11) is 0. The Labute approximate surface area is 142 Å². The number of alkyl halides is 3. The Kier molecular flexibility index (Phi) is 4.49. The van der Waals surface area contributed by atoms with Gasteiger partial charge in [0.2, 0.25) is 5.91 Å². The molecule has 1 aromatic rings. The number of halogens is 3. The van der Waals surface area contributed by atoms with E-state index in [1.165, 1.54) is 23.1 Å². The lowest BCUT2D eigenvalue weighted by atomic mass is 10.1. The van der Waals surface area contributed by atoms with E-state index < -0.39 is 24.4 Å². The van der Waals surface area contributed by atoms with Gasteiger partial charge in [0.05, 0.1) is 6.61 Å². The van der Waals surface area contributed by atoms with Gasteiger partial charge in [-0.15, -0.1) is 13.2 Å². The van der Waals surface area contributed by atoms with E-state index in [1.807, 2.05) is 0 Å². The molecule has 0 aliphatic carbocycles. The van der Waals surface area contributed by atoms with Gasteiger partial charge in [-0.25, -0.2) is 4.79 Å². The number of hydrogen-bond donors (Lipinski definition) is 0. The molecular formula is C16H17F3N2O4. The molecule has 0 N–H and O–H groups in total. The maximum atomic E-state index is 12.6. The highest BCUT2D eigenvalue weighted by atomic mass is 19.4. The van der Waals surface area contributed by atoms with Crippen LogP contribution in [0.5, 0.6) is 5.75 Å². The molecule has 0 saturated carbocycles. The lowest BCUT2D eigenvalue weighted by Gasteiger charge is -2.41. The molecule has 2 fully saturated rings. The van der Waals surface area contributed by atoms with Crippen LogP contribution in [0.2, 0.25) is 0 Å². The van der Waals surface area contributed by atoms with Crippen LogP contribution in [0.4, 0.5) is 18.9 Å². The van der Waals surface area contributed by atoms with Crippen molar-refractivity contribution in [3.05, 3.63) is 24.3 Å². The van der Waals surface area contributed by atoms with E-state index in [-0.39, 0.29) is 11.7 Å². The number of rotatable bonds is 3. The zero-order valence-corrected chi connectivity index (χ0v) is 13.5. The molecule has 0 spiro atoms. The average molecular weight is 358 g/mol. The third-order valence-corrected chi connectivity index (χ3v) is 4.36. The van der Waals surface area contributed by atoms with Crippen LogP contribution in [0.3, 0.4) is 0 Å². The average Bonchev–Trinajstić information content (AvgIpc) is 2.94. The van der Waals surface area contributed by atoms with Crippen molar-refractivity contribution < 1.29 is 32.2 Å². The highest BCUT2D eigenvalue weighted by Crippen LogP contribution is 2.30. The van der Waals surface area contributed by atoms with Crippen LogP contribution >= 0.6 is 0 Å². The molecular weight excluding hydrogens is 341 g/mol. The predicted octanol–water partition coefficient (Wildman–Crippen LogP) is 1.94. The first-order chi connectivity index (χ1) is 11.8. The van der Waals surface area contributed by atoms with Gasteiger partial charge in [-0.05, 0) is 19.1 Å². The lowest BCUT2D eigenvalue weighted by Crippen LogP contribution is -2.59. The molecule has 0 aromatic heterocycles. The summed E-state index contributed by atoms with van der Waals surface area (Å²) in [5.41, 5.74) is 0.455. The van der Waals surface area contributed by atoms with Crippen LogP contribution in [0, 0.1) is 0 Å². The van der Waals surface area contributed by atoms with Crippen molar-refractivity contribution in [2.45, 2.75) is 31.8 Å². The molecule has 1 amide bonds. The first kappa shape index (κ1) is 17.4. The Bertz CT molecular complexity index is 680. The molecule has 2 atom stereocenters. The van der Waals surface area contributed by atoms with E-state index in [0.717, 1.165) is 0 Å². The van der Waals surface area contributed by atoms with E-state index in [0.29, 0.717) is 31.8 Å². The zero-order chi connectivity index (χ0) is 18.2. The first-order valence-electron chi connectivity index (χ1n) is 7.86. The van der Waals surface area contributed by atoms with Crippen molar-refractivity contribution in [1.82, 2.24) is 4.90 Å². The summed E-state index contributed by atoms with van der Waals surface area (Å²) < 4.78 is 46.0. The number of anilines is 1. The van der Waals surface area contributed by atoms with Crippen molar-refractivity contribution in [2.24, 2.45) is 0 Å². The Hall–Kier alpha value is -2.45. The van der Waals surface area contributed by atoms with Gasteiger partial charge in [-0.1, -0.05) is 6.07 Å². The van der Waals surface area contributed by atoms with Gasteiger partial charge in [0.1, 0.15) is 17.8 Å². The number of carbonyl (C=O) groups is 2. The molecule has 2 heterocycles. The first-order valence-corrected chi connectivity index (χ1v) is 7.86. The molecule has 25 heavy (non-hydrogen) atoms. The molecule has 0 bridgehead atoms. The maximum absolute atomic E-state index is 12.6. The number of benzene rings is 1. The van der Waals surface area contributed by atoms with Gasteiger partial charge in [0.15, 0.2) is 0 Å².